The van der Waals surface area contributed by atoms with Gasteiger partial charge in [0, 0.05) is 13.1 Å². The van der Waals surface area contributed by atoms with E-state index in [2.05, 4.69) is 0 Å². The Morgan fingerprint density at radius 1 is 1.50 bits per heavy atom. The first-order valence-corrected chi connectivity index (χ1v) is 6.16. The number of nitrogens with two attached hydrogens (primary N) is 1. The fourth-order valence-electron chi connectivity index (χ4n) is 2.28. The Morgan fingerprint density at radius 2 is 2.19 bits per heavy atom. The number of hydrogen-bond acceptors (Lipinski definition) is 3. The van der Waals surface area contributed by atoms with Crippen molar-refractivity contribution in [1.82, 2.24) is 4.90 Å². The molecular weight excluding hydrogens is 204 g/mol. The number of carbonyl (C=O) groups is 1. The van der Waals surface area contributed by atoms with E-state index in [0.29, 0.717) is 25.0 Å². The van der Waals surface area contributed by atoms with E-state index in [-0.39, 0.29) is 12.1 Å². The van der Waals surface area contributed by atoms with Crippen LogP contribution in [0.4, 0.5) is 4.79 Å². The minimum absolute atomic E-state index is 0.209. The molecule has 4 heteroatoms. The Labute approximate surface area is 98.1 Å². The predicted molar refractivity (Wildman–Crippen MR) is 64.1 cm³/mol. The molecule has 4 nitrogen and oxygen atoms in total. The zero-order chi connectivity index (χ0) is 12.1. The van der Waals surface area contributed by atoms with Gasteiger partial charge in [0.2, 0.25) is 0 Å². The van der Waals surface area contributed by atoms with Crippen molar-refractivity contribution in [1.29, 1.82) is 0 Å². The van der Waals surface area contributed by atoms with Gasteiger partial charge in [-0.3, -0.25) is 0 Å². The molecule has 0 aliphatic heterocycles. The Hall–Kier alpha value is -0.770. The van der Waals surface area contributed by atoms with Crippen LogP contribution in [0.3, 0.4) is 0 Å². The normalized spacial score (nSPS) is 24.8. The molecular formula is C12H24N2O2. The van der Waals surface area contributed by atoms with Gasteiger partial charge in [-0.15, -0.1) is 0 Å². The van der Waals surface area contributed by atoms with Crippen LogP contribution in [0.1, 0.15) is 33.1 Å². The van der Waals surface area contributed by atoms with E-state index < -0.39 is 0 Å². The third kappa shape index (κ3) is 3.37. The highest BCUT2D eigenvalue weighted by molar-refractivity contribution is 5.67. The van der Waals surface area contributed by atoms with E-state index in [4.69, 9.17) is 10.5 Å². The summed E-state index contributed by atoms with van der Waals surface area (Å²) in [6.45, 7) is 5.22. The molecule has 0 heterocycles. The van der Waals surface area contributed by atoms with Gasteiger partial charge in [0.1, 0.15) is 0 Å². The summed E-state index contributed by atoms with van der Waals surface area (Å²) in [5.41, 5.74) is 5.71. The van der Waals surface area contributed by atoms with Crippen LogP contribution in [0.2, 0.25) is 0 Å². The van der Waals surface area contributed by atoms with Crippen molar-refractivity contribution in [2.75, 3.05) is 20.2 Å². The number of carbonyl (C=O) groups excluding carboxylic acids is 1. The molecule has 0 aromatic rings. The zero-order valence-corrected chi connectivity index (χ0v) is 10.6. The van der Waals surface area contributed by atoms with E-state index in [1.54, 1.807) is 4.90 Å². The molecule has 0 saturated heterocycles. The molecule has 94 valence electrons. The molecule has 2 atom stereocenters. The van der Waals surface area contributed by atoms with Gasteiger partial charge in [0.25, 0.3) is 0 Å². The summed E-state index contributed by atoms with van der Waals surface area (Å²) in [5.74, 6) is 0.822. The van der Waals surface area contributed by atoms with Gasteiger partial charge in [-0.25, -0.2) is 4.79 Å². The Morgan fingerprint density at radius 3 is 2.75 bits per heavy atom. The highest BCUT2D eigenvalue weighted by Gasteiger charge is 2.32. The number of nitrogens with zero attached hydrogens (tertiary/aromatic N) is 1. The van der Waals surface area contributed by atoms with Crippen LogP contribution in [0.25, 0.3) is 0 Å². The van der Waals surface area contributed by atoms with Crippen LogP contribution in [-0.2, 0) is 4.74 Å². The lowest BCUT2D eigenvalue weighted by molar-refractivity contribution is 0.0809. The monoisotopic (exact) mass is 228 g/mol. The molecule has 2 unspecified atom stereocenters. The average Bonchev–Trinajstić information content (AvgIpc) is 2.72. The fourth-order valence-corrected chi connectivity index (χ4v) is 2.28. The number of rotatable bonds is 4. The van der Waals surface area contributed by atoms with Crippen molar-refractivity contribution in [3.63, 3.8) is 0 Å². The second kappa shape index (κ2) is 6.09. The minimum atomic E-state index is -0.209. The van der Waals surface area contributed by atoms with Crippen molar-refractivity contribution >= 4 is 6.09 Å². The highest BCUT2D eigenvalue weighted by Crippen LogP contribution is 2.28. The second-order valence-electron chi connectivity index (χ2n) is 5.08. The Bertz CT molecular complexity index is 231. The van der Waals surface area contributed by atoms with Gasteiger partial charge in [0.15, 0.2) is 0 Å². The molecule has 1 fully saturated rings. The molecule has 1 rings (SSSR count). The summed E-state index contributed by atoms with van der Waals surface area (Å²) in [6, 6.07) is 0.268. The molecule has 1 aliphatic carbocycles. The first-order valence-electron chi connectivity index (χ1n) is 6.16. The second-order valence-corrected chi connectivity index (χ2v) is 5.08. The predicted octanol–water partition coefficient (Wildman–Crippen LogP) is 1.84. The molecule has 0 spiro atoms. The highest BCUT2D eigenvalue weighted by atomic mass is 16.6. The van der Waals surface area contributed by atoms with Gasteiger partial charge >= 0.3 is 6.09 Å². The quantitative estimate of drug-likeness (QED) is 0.798. The lowest BCUT2D eigenvalue weighted by Gasteiger charge is -2.28. The molecule has 0 radical (unpaired) electrons. The third-order valence-corrected chi connectivity index (χ3v) is 3.25. The minimum Gasteiger partial charge on any atom is -0.449 e. The molecule has 2 N–H and O–H groups in total. The molecule has 0 bridgehead atoms. The lowest BCUT2D eigenvalue weighted by Crippen LogP contribution is -2.42. The summed E-state index contributed by atoms with van der Waals surface area (Å²) in [4.78, 5) is 13.5. The molecule has 0 aromatic heterocycles. The number of ether oxygens (including phenoxy) is 1. The summed E-state index contributed by atoms with van der Waals surface area (Å²) < 4.78 is 5.22. The van der Waals surface area contributed by atoms with Crippen molar-refractivity contribution in [2.24, 2.45) is 17.6 Å². The third-order valence-electron chi connectivity index (χ3n) is 3.25. The van der Waals surface area contributed by atoms with Crippen LogP contribution in [0.5, 0.6) is 0 Å². The molecule has 16 heavy (non-hydrogen) atoms. The molecule has 1 saturated carbocycles. The lowest BCUT2D eigenvalue weighted by atomic mass is 10.0. The maximum Gasteiger partial charge on any atom is 0.409 e. The smallest absolute Gasteiger partial charge is 0.409 e. The van der Waals surface area contributed by atoms with Gasteiger partial charge in [-0.2, -0.15) is 0 Å². The molecule has 1 aliphatic rings. The maximum absolute atomic E-state index is 11.8. The van der Waals surface area contributed by atoms with E-state index in [0.717, 1.165) is 19.3 Å². The molecule has 0 aromatic carbocycles. The van der Waals surface area contributed by atoms with Gasteiger partial charge < -0.3 is 15.4 Å². The number of amides is 1. The summed E-state index contributed by atoms with van der Waals surface area (Å²) >= 11 is 0. The SMILES string of the molecule is CC(C)COC(=O)N(C)C1CCCC1CN. The van der Waals surface area contributed by atoms with Crippen molar-refractivity contribution in [3.05, 3.63) is 0 Å². The average molecular weight is 228 g/mol. The summed E-state index contributed by atoms with van der Waals surface area (Å²) in [5, 5.41) is 0. The van der Waals surface area contributed by atoms with E-state index in [9.17, 15) is 4.79 Å². The standard InChI is InChI=1S/C12H24N2O2/c1-9(2)8-16-12(15)14(3)11-6-4-5-10(11)7-13/h9-11H,4-8,13H2,1-3H3. The first-order chi connectivity index (χ1) is 7.56. The van der Waals surface area contributed by atoms with Crippen LogP contribution in [0.15, 0.2) is 0 Å². The first kappa shape index (κ1) is 13.3. The van der Waals surface area contributed by atoms with Gasteiger partial charge in [-0.1, -0.05) is 20.3 Å². The summed E-state index contributed by atoms with van der Waals surface area (Å²) in [7, 11) is 1.82. The molecule has 1 amide bonds. The Kier molecular flexibility index (Phi) is 5.06. The van der Waals surface area contributed by atoms with Crippen molar-refractivity contribution in [2.45, 2.75) is 39.2 Å². The van der Waals surface area contributed by atoms with Crippen molar-refractivity contribution in [3.8, 4) is 0 Å². The van der Waals surface area contributed by atoms with Crippen LogP contribution in [-0.4, -0.2) is 37.2 Å². The van der Waals surface area contributed by atoms with E-state index in [1.165, 1.54) is 0 Å². The largest absolute Gasteiger partial charge is 0.449 e. The maximum atomic E-state index is 11.8. The van der Waals surface area contributed by atoms with Crippen LogP contribution < -0.4 is 5.73 Å². The summed E-state index contributed by atoms with van der Waals surface area (Å²) in [6.07, 6.45) is 3.13. The van der Waals surface area contributed by atoms with Crippen LogP contribution in [0, 0.1) is 11.8 Å². The van der Waals surface area contributed by atoms with E-state index >= 15 is 0 Å². The fraction of sp³-hybridized carbons (Fsp3) is 0.917. The van der Waals surface area contributed by atoms with Crippen LogP contribution >= 0.6 is 0 Å². The van der Waals surface area contributed by atoms with Gasteiger partial charge in [-0.05, 0) is 31.2 Å². The topological polar surface area (TPSA) is 55.6 Å². The number of hydrogen-bond donors (Lipinski definition) is 1. The van der Waals surface area contributed by atoms with E-state index in [1.807, 2.05) is 20.9 Å². The Balaban J connectivity index is 2.43. The van der Waals surface area contributed by atoms with Gasteiger partial charge in [0.05, 0.1) is 6.61 Å². The zero-order valence-electron chi connectivity index (χ0n) is 10.6. The van der Waals surface area contributed by atoms with Crippen molar-refractivity contribution < 1.29 is 9.53 Å².